The van der Waals surface area contributed by atoms with Gasteiger partial charge >= 0.3 is 0 Å². The Hall–Kier alpha value is -0.540. The molecule has 0 aliphatic rings. The van der Waals surface area contributed by atoms with Crippen LogP contribution in [0.1, 0.15) is 5.56 Å². The molecule has 0 aliphatic heterocycles. The summed E-state index contributed by atoms with van der Waals surface area (Å²) in [6.07, 6.45) is 1.52. The average molecular weight is 499 g/mol. The van der Waals surface area contributed by atoms with E-state index in [0.717, 1.165) is 7.14 Å². The van der Waals surface area contributed by atoms with Gasteiger partial charge in [0.25, 0.3) is 0 Å². The van der Waals surface area contributed by atoms with Crippen LogP contribution in [0.15, 0.2) is 35.3 Å². The fourth-order valence-corrected chi connectivity index (χ4v) is 3.49. The Morgan fingerprint density at radius 1 is 1.11 bits per heavy atom. The first-order valence-corrected chi connectivity index (χ1v) is 7.71. The lowest BCUT2D eigenvalue weighted by atomic mass is 10.2. The van der Waals surface area contributed by atoms with Gasteiger partial charge in [0, 0.05) is 26.4 Å². The molecule has 2 rings (SSSR count). The van der Waals surface area contributed by atoms with Crippen molar-refractivity contribution in [1.29, 1.82) is 0 Å². The van der Waals surface area contributed by atoms with Crippen LogP contribution in [-0.2, 0) is 0 Å². The molecule has 0 amide bonds. The SMILES string of the molecule is Oc1cc(Cl)ccc1N=Cc1cc(I)cc(I)c1O. The molecule has 2 N–H and O–H groups in total. The second kappa shape index (κ2) is 6.27. The Morgan fingerprint density at radius 2 is 1.84 bits per heavy atom. The van der Waals surface area contributed by atoms with Gasteiger partial charge in [0.05, 0.1) is 3.57 Å². The normalized spacial score (nSPS) is 11.1. The minimum absolute atomic E-state index is 0.00330. The smallest absolute Gasteiger partial charge is 0.142 e. The zero-order valence-electron chi connectivity index (χ0n) is 9.44. The van der Waals surface area contributed by atoms with Crippen LogP contribution >= 0.6 is 56.8 Å². The standard InChI is InChI=1S/C13H8ClI2NO2/c14-8-1-2-11(12(18)4-8)17-6-7-3-9(15)5-10(16)13(7)19/h1-6,18-19H. The molecule has 0 heterocycles. The highest BCUT2D eigenvalue weighted by molar-refractivity contribution is 14.1. The van der Waals surface area contributed by atoms with Crippen molar-refractivity contribution in [2.75, 3.05) is 0 Å². The molecular weight excluding hydrogens is 491 g/mol. The van der Waals surface area contributed by atoms with Gasteiger partial charge in [0.15, 0.2) is 0 Å². The van der Waals surface area contributed by atoms with Gasteiger partial charge in [-0.2, -0.15) is 0 Å². The Balaban J connectivity index is 2.38. The van der Waals surface area contributed by atoms with Gasteiger partial charge in [-0.1, -0.05) is 11.6 Å². The lowest BCUT2D eigenvalue weighted by molar-refractivity contribution is 0.470. The van der Waals surface area contributed by atoms with Crippen molar-refractivity contribution in [3.63, 3.8) is 0 Å². The summed E-state index contributed by atoms with van der Waals surface area (Å²) in [5, 5.41) is 20.1. The van der Waals surface area contributed by atoms with Crippen molar-refractivity contribution in [3.05, 3.63) is 48.1 Å². The van der Waals surface area contributed by atoms with E-state index in [1.54, 1.807) is 12.1 Å². The number of benzene rings is 2. The van der Waals surface area contributed by atoms with E-state index in [-0.39, 0.29) is 11.5 Å². The predicted octanol–water partition coefficient (Wildman–Crippen LogP) is 4.71. The van der Waals surface area contributed by atoms with Gasteiger partial charge in [-0.15, -0.1) is 0 Å². The van der Waals surface area contributed by atoms with Crippen LogP contribution in [0.4, 0.5) is 5.69 Å². The number of halogens is 3. The third-order valence-electron chi connectivity index (χ3n) is 2.34. The van der Waals surface area contributed by atoms with Crippen LogP contribution in [0.2, 0.25) is 5.02 Å². The minimum Gasteiger partial charge on any atom is -0.506 e. The highest BCUT2D eigenvalue weighted by Gasteiger charge is 2.06. The molecule has 19 heavy (non-hydrogen) atoms. The van der Waals surface area contributed by atoms with E-state index in [0.29, 0.717) is 16.3 Å². The minimum atomic E-state index is 0.00330. The van der Waals surface area contributed by atoms with Gasteiger partial charge < -0.3 is 10.2 Å². The molecule has 3 nitrogen and oxygen atoms in total. The van der Waals surface area contributed by atoms with Crippen molar-refractivity contribution in [2.45, 2.75) is 0 Å². The number of phenols is 2. The van der Waals surface area contributed by atoms with E-state index in [2.05, 4.69) is 50.2 Å². The lowest BCUT2D eigenvalue weighted by Gasteiger charge is -2.03. The van der Waals surface area contributed by atoms with Crippen molar-refractivity contribution in [2.24, 2.45) is 4.99 Å². The first-order chi connectivity index (χ1) is 8.97. The number of hydrogen-bond donors (Lipinski definition) is 2. The van der Waals surface area contributed by atoms with E-state index < -0.39 is 0 Å². The average Bonchev–Trinajstić information content (AvgIpc) is 2.33. The molecule has 2 aromatic rings. The molecule has 6 heteroatoms. The third-order valence-corrected chi connectivity index (χ3v) is 4.02. The van der Waals surface area contributed by atoms with Crippen molar-refractivity contribution < 1.29 is 10.2 Å². The Kier molecular flexibility index (Phi) is 4.91. The molecule has 0 aliphatic carbocycles. The highest BCUT2D eigenvalue weighted by Crippen LogP contribution is 2.30. The summed E-state index contributed by atoms with van der Waals surface area (Å²) in [6.45, 7) is 0. The second-order valence-corrected chi connectivity index (χ2v) is 6.56. The third kappa shape index (κ3) is 3.73. The van der Waals surface area contributed by atoms with E-state index in [1.165, 1.54) is 12.3 Å². The summed E-state index contributed by atoms with van der Waals surface area (Å²) in [7, 11) is 0. The Labute approximate surface area is 142 Å². The molecule has 0 radical (unpaired) electrons. The van der Waals surface area contributed by atoms with Gasteiger partial charge in [-0.05, 0) is 69.4 Å². The summed E-state index contributed by atoms with van der Waals surface area (Å²) in [6, 6.07) is 8.37. The largest absolute Gasteiger partial charge is 0.506 e. The van der Waals surface area contributed by atoms with Crippen LogP contribution in [0.25, 0.3) is 0 Å². The molecule has 0 fully saturated rings. The molecule has 0 unspecified atom stereocenters. The maximum Gasteiger partial charge on any atom is 0.142 e. The molecule has 0 saturated carbocycles. The number of aromatic hydroxyl groups is 2. The molecule has 0 saturated heterocycles. The maximum absolute atomic E-state index is 9.93. The number of hydrogen-bond acceptors (Lipinski definition) is 3. The fraction of sp³-hybridized carbons (Fsp3) is 0. The van der Waals surface area contributed by atoms with Crippen LogP contribution in [-0.4, -0.2) is 16.4 Å². The van der Waals surface area contributed by atoms with Crippen molar-refractivity contribution in [1.82, 2.24) is 0 Å². The van der Waals surface area contributed by atoms with Crippen molar-refractivity contribution in [3.8, 4) is 11.5 Å². The van der Waals surface area contributed by atoms with E-state index in [1.807, 2.05) is 12.1 Å². The van der Waals surface area contributed by atoms with Gasteiger partial charge in [-0.25, -0.2) is 0 Å². The lowest BCUT2D eigenvalue weighted by Crippen LogP contribution is -1.87. The Morgan fingerprint density at radius 3 is 2.53 bits per heavy atom. The molecule has 0 atom stereocenters. The summed E-state index contributed by atoms with van der Waals surface area (Å²) < 4.78 is 1.76. The zero-order chi connectivity index (χ0) is 14.0. The predicted molar refractivity (Wildman–Crippen MR) is 93.9 cm³/mol. The number of phenolic OH excluding ortho intramolecular Hbond substituents is 2. The molecule has 98 valence electrons. The monoisotopic (exact) mass is 499 g/mol. The van der Waals surface area contributed by atoms with Crippen LogP contribution in [0.3, 0.4) is 0 Å². The second-order valence-electron chi connectivity index (χ2n) is 3.72. The summed E-state index contributed by atoms with van der Waals surface area (Å²) in [4.78, 5) is 4.16. The molecule has 0 bridgehead atoms. The highest BCUT2D eigenvalue weighted by atomic mass is 127. The van der Waals surface area contributed by atoms with Gasteiger partial charge in [0.2, 0.25) is 0 Å². The van der Waals surface area contributed by atoms with E-state index in [4.69, 9.17) is 11.6 Å². The topological polar surface area (TPSA) is 52.8 Å². The Bertz CT molecular complexity index is 659. The zero-order valence-corrected chi connectivity index (χ0v) is 14.5. The molecule has 0 aromatic heterocycles. The maximum atomic E-state index is 9.93. The quantitative estimate of drug-likeness (QED) is 0.465. The van der Waals surface area contributed by atoms with E-state index in [9.17, 15) is 10.2 Å². The van der Waals surface area contributed by atoms with Gasteiger partial charge in [-0.3, -0.25) is 4.99 Å². The number of rotatable bonds is 2. The summed E-state index contributed by atoms with van der Waals surface area (Å²) in [5.74, 6) is 0.182. The molecule has 0 spiro atoms. The van der Waals surface area contributed by atoms with Crippen LogP contribution in [0, 0.1) is 7.14 Å². The summed E-state index contributed by atoms with van der Waals surface area (Å²) in [5.41, 5.74) is 1.00. The number of nitrogens with zero attached hydrogens (tertiary/aromatic N) is 1. The first-order valence-electron chi connectivity index (χ1n) is 5.18. The molecular formula is C13H8ClI2NO2. The molecule has 2 aromatic carbocycles. The summed E-state index contributed by atoms with van der Waals surface area (Å²) >= 11 is 9.97. The van der Waals surface area contributed by atoms with Crippen LogP contribution < -0.4 is 0 Å². The number of aliphatic imine (C=N–C) groups is 1. The van der Waals surface area contributed by atoms with E-state index >= 15 is 0 Å². The van der Waals surface area contributed by atoms with Crippen LogP contribution in [0.5, 0.6) is 11.5 Å². The van der Waals surface area contributed by atoms with Gasteiger partial charge in [0.1, 0.15) is 17.2 Å². The van der Waals surface area contributed by atoms with Crippen molar-refractivity contribution >= 4 is 68.7 Å². The first kappa shape index (κ1) is 14.9. The fourth-order valence-electron chi connectivity index (χ4n) is 1.43.